The van der Waals surface area contributed by atoms with Gasteiger partial charge < -0.3 is 10.2 Å². The minimum absolute atomic E-state index is 0.241. The van der Waals surface area contributed by atoms with Crippen molar-refractivity contribution < 1.29 is 9.85 Å². The molecule has 3 rings (SSSR count). The molecule has 0 spiro atoms. The molecule has 0 unspecified atom stereocenters. The zero-order valence-corrected chi connectivity index (χ0v) is 15.3. The van der Waals surface area contributed by atoms with Gasteiger partial charge in [-0.1, -0.05) is 11.6 Å². The molecule has 1 fully saturated rings. The second kappa shape index (κ2) is 7.83. The van der Waals surface area contributed by atoms with Crippen LogP contribution in [0.5, 0.6) is 0 Å². The van der Waals surface area contributed by atoms with Crippen LogP contribution in [0.25, 0.3) is 0 Å². The number of anilines is 2. The number of thiazole rings is 1. The standard InChI is InChI=1S/C15H16ClN5O4S/c16-15-18-9-10(26-15)8-17-11-6-13(19-4-2-1-3-5-19)14(21(24)25)7-12(11)20(22)23/h6-7,9,17H,1-5,8H2. The van der Waals surface area contributed by atoms with Gasteiger partial charge in [0.05, 0.1) is 22.5 Å². The van der Waals surface area contributed by atoms with Crippen molar-refractivity contribution in [1.29, 1.82) is 0 Å². The molecule has 1 aliphatic heterocycles. The predicted molar refractivity (Wildman–Crippen MR) is 100 cm³/mol. The fraction of sp³-hybridized carbons (Fsp3) is 0.400. The van der Waals surface area contributed by atoms with Crippen LogP contribution in [0.2, 0.25) is 4.47 Å². The normalized spacial score (nSPS) is 14.3. The summed E-state index contributed by atoms with van der Waals surface area (Å²) in [6, 6.07) is 2.54. The van der Waals surface area contributed by atoms with Crippen molar-refractivity contribution in [2.75, 3.05) is 23.3 Å². The third-order valence-electron chi connectivity index (χ3n) is 4.16. The van der Waals surface area contributed by atoms with Crippen LogP contribution in [0.15, 0.2) is 18.3 Å². The summed E-state index contributed by atoms with van der Waals surface area (Å²) in [6.45, 7) is 1.69. The van der Waals surface area contributed by atoms with Crippen LogP contribution in [0.4, 0.5) is 22.7 Å². The van der Waals surface area contributed by atoms with Crippen molar-refractivity contribution in [1.82, 2.24) is 4.98 Å². The summed E-state index contributed by atoms with van der Waals surface area (Å²) in [4.78, 5) is 28.3. The largest absolute Gasteiger partial charge is 0.374 e. The highest BCUT2D eigenvalue weighted by molar-refractivity contribution is 7.15. The molecule has 0 radical (unpaired) electrons. The number of nitrogens with one attached hydrogen (secondary N) is 1. The van der Waals surface area contributed by atoms with Crippen molar-refractivity contribution >= 4 is 45.7 Å². The average Bonchev–Trinajstić information content (AvgIpc) is 3.05. The zero-order chi connectivity index (χ0) is 18.7. The van der Waals surface area contributed by atoms with Gasteiger partial charge in [0, 0.05) is 24.2 Å². The summed E-state index contributed by atoms with van der Waals surface area (Å²) in [5.41, 5.74) is 0.0777. The Kier molecular flexibility index (Phi) is 5.52. The maximum atomic E-state index is 11.4. The van der Waals surface area contributed by atoms with Gasteiger partial charge in [-0.25, -0.2) is 4.98 Å². The number of halogens is 1. The lowest BCUT2D eigenvalue weighted by molar-refractivity contribution is -0.393. The molecule has 1 aromatic heterocycles. The maximum absolute atomic E-state index is 11.4. The second-order valence-corrected chi connectivity index (χ2v) is 7.55. The summed E-state index contributed by atoms with van der Waals surface area (Å²) < 4.78 is 0.383. The molecule has 26 heavy (non-hydrogen) atoms. The zero-order valence-electron chi connectivity index (χ0n) is 13.7. The van der Waals surface area contributed by atoms with Crippen molar-refractivity contribution in [3.63, 3.8) is 0 Å². The number of nitrogens with zero attached hydrogens (tertiary/aromatic N) is 4. The molecule has 0 amide bonds. The first-order chi connectivity index (χ1) is 12.5. The predicted octanol–water partition coefficient (Wildman–Crippen LogP) is 4.22. The lowest BCUT2D eigenvalue weighted by Gasteiger charge is -2.28. The molecule has 0 bridgehead atoms. The first-order valence-electron chi connectivity index (χ1n) is 8.01. The van der Waals surface area contributed by atoms with E-state index in [0.29, 0.717) is 29.8 Å². The van der Waals surface area contributed by atoms with Crippen molar-refractivity contribution in [2.24, 2.45) is 0 Å². The molecule has 1 saturated heterocycles. The van der Waals surface area contributed by atoms with Crippen LogP contribution in [0.3, 0.4) is 0 Å². The summed E-state index contributed by atoms with van der Waals surface area (Å²) in [6.07, 6.45) is 4.55. The van der Waals surface area contributed by atoms with Crippen LogP contribution < -0.4 is 10.2 Å². The summed E-state index contributed by atoms with van der Waals surface area (Å²) >= 11 is 7.06. The van der Waals surface area contributed by atoms with Gasteiger partial charge in [0.1, 0.15) is 11.4 Å². The number of nitro groups is 2. The Morgan fingerprint density at radius 3 is 2.42 bits per heavy atom. The third kappa shape index (κ3) is 4.02. The first kappa shape index (κ1) is 18.3. The Labute approximate surface area is 157 Å². The van der Waals surface area contributed by atoms with E-state index in [2.05, 4.69) is 10.3 Å². The average molecular weight is 398 g/mol. The monoisotopic (exact) mass is 397 g/mol. The number of benzene rings is 1. The summed E-state index contributed by atoms with van der Waals surface area (Å²) in [5, 5.41) is 25.8. The fourth-order valence-electron chi connectivity index (χ4n) is 2.94. The summed E-state index contributed by atoms with van der Waals surface area (Å²) in [5.74, 6) is 0. The minimum atomic E-state index is -0.616. The van der Waals surface area contributed by atoms with Gasteiger partial charge >= 0.3 is 0 Å². The second-order valence-electron chi connectivity index (χ2n) is 5.85. The lowest BCUT2D eigenvalue weighted by Crippen LogP contribution is -2.30. The van der Waals surface area contributed by atoms with Gasteiger partial charge in [-0.05, 0) is 25.3 Å². The molecule has 1 aromatic carbocycles. The Balaban J connectivity index is 1.97. The van der Waals surface area contributed by atoms with Crippen LogP contribution in [-0.2, 0) is 6.54 Å². The molecule has 11 heteroatoms. The number of piperidine rings is 1. The smallest absolute Gasteiger partial charge is 0.299 e. The highest BCUT2D eigenvalue weighted by Gasteiger charge is 2.28. The van der Waals surface area contributed by atoms with E-state index in [1.54, 1.807) is 6.20 Å². The van der Waals surface area contributed by atoms with Gasteiger partial charge in [-0.3, -0.25) is 20.2 Å². The van der Waals surface area contributed by atoms with E-state index in [4.69, 9.17) is 11.6 Å². The molecule has 0 atom stereocenters. The topological polar surface area (TPSA) is 114 Å². The third-order valence-corrected chi connectivity index (χ3v) is 5.28. The van der Waals surface area contributed by atoms with Gasteiger partial charge in [0.2, 0.25) is 0 Å². The van der Waals surface area contributed by atoms with E-state index >= 15 is 0 Å². The molecular formula is C15H16ClN5O4S. The minimum Gasteiger partial charge on any atom is -0.374 e. The van der Waals surface area contributed by atoms with Gasteiger partial charge in [-0.2, -0.15) is 0 Å². The highest BCUT2D eigenvalue weighted by atomic mass is 35.5. The fourth-order valence-corrected chi connectivity index (χ4v) is 3.86. The molecule has 1 aliphatic rings. The number of rotatable bonds is 6. The first-order valence-corrected chi connectivity index (χ1v) is 9.21. The maximum Gasteiger partial charge on any atom is 0.299 e. The van der Waals surface area contributed by atoms with Crippen LogP contribution in [0, 0.1) is 20.2 Å². The van der Waals surface area contributed by atoms with E-state index in [9.17, 15) is 20.2 Å². The highest BCUT2D eigenvalue weighted by Crippen LogP contribution is 2.39. The van der Waals surface area contributed by atoms with Crippen molar-refractivity contribution in [3.8, 4) is 0 Å². The SMILES string of the molecule is O=[N+]([O-])c1cc([N+](=O)[O-])c(N2CCCCC2)cc1NCc1cnc(Cl)s1. The van der Waals surface area contributed by atoms with E-state index < -0.39 is 9.85 Å². The lowest BCUT2D eigenvalue weighted by atomic mass is 10.1. The van der Waals surface area contributed by atoms with E-state index in [0.717, 1.165) is 30.2 Å². The number of hydrogen-bond donors (Lipinski definition) is 1. The van der Waals surface area contributed by atoms with Crippen molar-refractivity contribution in [2.45, 2.75) is 25.8 Å². The van der Waals surface area contributed by atoms with Gasteiger partial charge in [-0.15, -0.1) is 11.3 Å². The Bertz CT molecular complexity index is 837. The number of aromatic nitrogens is 1. The molecule has 1 N–H and O–H groups in total. The molecule has 0 saturated carbocycles. The molecule has 0 aliphatic carbocycles. The molecule has 138 valence electrons. The van der Waals surface area contributed by atoms with Crippen LogP contribution in [0.1, 0.15) is 24.1 Å². The summed E-state index contributed by atoms with van der Waals surface area (Å²) in [7, 11) is 0. The van der Waals surface area contributed by atoms with Crippen LogP contribution in [-0.4, -0.2) is 27.9 Å². The van der Waals surface area contributed by atoms with Gasteiger partial charge in [0.15, 0.2) is 4.47 Å². The quantitative estimate of drug-likeness (QED) is 0.573. The van der Waals surface area contributed by atoms with E-state index in [1.807, 2.05) is 4.90 Å². The Hall–Kier alpha value is -2.46. The van der Waals surface area contributed by atoms with Crippen molar-refractivity contribution in [3.05, 3.63) is 47.9 Å². The Morgan fingerprint density at radius 2 is 1.85 bits per heavy atom. The number of hydrogen-bond acceptors (Lipinski definition) is 8. The molecule has 2 aromatic rings. The molecular weight excluding hydrogens is 382 g/mol. The van der Waals surface area contributed by atoms with Gasteiger partial charge in [0.25, 0.3) is 11.4 Å². The van der Waals surface area contributed by atoms with E-state index in [1.165, 1.54) is 17.4 Å². The van der Waals surface area contributed by atoms with E-state index in [-0.39, 0.29) is 17.1 Å². The van der Waals surface area contributed by atoms with Crippen LogP contribution >= 0.6 is 22.9 Å². The number of nitro benzene ring substituents is 2. The Morgan fingerprint density at radius 1 is 1.15 bits per heavy atom. The molecule has 2 heterocycles. The molecule has 9 nitrogen and oxygen atoms in total.